The number of primary amides is 1. The Morgan fingerprint density at radius 1 is 1.42 bits per heavy atom. The highest BCUT2D eigenvalue weighted by atomic mass is 19.1. The minimum absolute atomic E-state index is 0.0135. The molecule has 0 aliphatic heterocycles. The minimum Gasteiger partial charge on any atom is -0.478 e. The van der Waals surface area contributed by atoms with Crippen LogP contribution in [0.15, 0.2) is 12.1 Å². The van der Waals surface area contributed by atoms with E-state index >= 15 is 0 Å². The van der Waals surface area contributed by atoms with Gasteiger partial charge in [-0.3, -0.25) is 4.79 Å². The Balaban J connectivity index is 3.33. The third kappa shape index (κ3) is 3.34. The first-order valence-corrected chi connectivity index (χ1v) is 5.61. The third-order valence-corrected chi connectivity index (χ3v) is 2.61. The predicted octanol–water partition coefficient (Wildman–Crippen LogP) is 0.806. The van der Waals surface area contributed by atoms with Gasteiger partial charge in [-0.15, -0.1) is 0 Å². The van der Waals surface area contributed by atoms with Crippen molar-refractivity contribution in [1.29, 1.82) is 0 Å². The van der Waals surface area contributed by atoms with Crippen molar-refractivity contribution in [1.82, 2.24) is 0 Å². The summed E-state index contributed by atoms with van der Waals surface area (Å²) in [5.74, 6) is -2.60. The maximum atomic E-state index is 13.9. The SMILES string of the molecule is CC(C)N(CC(N)=O)c1cc(C(=O)O)c(N)cc1F. The molecule has 1 aromatic carbocycles. The number of nitrogen functional groups attached to an aromatic ring is 1. The largest absolute Gasteiger partial charge is 0.478 e. The zero-order valence-electron chi connectivity index (χ0n) is 10.7. The first kappa shape index (κ1) is 14.7. The van der Waals surface area contributed by atoms with Gasteiger partial charge in [0.25, 0.3) is 0 Å². The van der Waals surface area contributed by atoms with Crippen LogP contribution in [-0.2, 0) is 4.79 Å². The number of hydrogen-bond donors (Lipinski definition) is 3. The quantitative estimate of drug-likeness (QED) is 0.685. The number of carboxylic acids is 1. The van der Waals surface area contributed by atoms with Crippen LogP contribution in [0.25, 0.3) is 0 Å². The highest BCUT2D eigenvalue weighted by Crippen LogP contribution is 2.26. The summed E-state index contributed by atoms with van der Waals surface area (Å²) in [5.41, 5.74) is 10.1. The minimum atomic E-state index is -1.26. The van der Waals surface area contributed by atoms with E-state index in [0.29, 0.717) is 0 Å². The first-order chi connectivity index (χ1) is 8.73. The summed E-state index contributed by atoms with van der Waals surface area (Å²) in [6.07, 6.45) is 0. The van der Waals surface area contributed by atoms with Gasteiger partial charge in [0.15, 0.2) is 0 Å². The standard InChI is InChI=1S/C12H16FN3O3/c1-6(2)16(5-11(15)17)10-3-7(12(18)19)9(14)4-8(10)13/h3-4,6H,5,14H2,1-2H3,(H2,15,17)(H,18,19). The molecule has 1 aromatic rings. The Labute approximate surface area is 109 Å². The number of rotatable bonds is 5. The molecule has 0 heterocycles. The molecule has 0 fully saturated rings. The maximum absolute atomic E-state index is 13.9. The fourth-order valence-corrected chi connectivity index (χ4v) is 1.70. The summed E-state index contributed by atoms with van der Waals surface area (Å²) < 4.78 is 13.9. The number of aromatic carboxylic acids is 1. The van der Waals surface area contributed by atoms with Crippen molar-refractivity contribution in [2.75, 3.05) is 17.2 Å². The average molecular weight is 269 g/mol. The van der Waals surface area contributed by atoms with Crippen molar-refractivity contribution in [2.45, 2.75) is 19.9 Å². The Morgan fingerprint density at radius 3 is 2.42 bits per heavy atom. The monoisotopic (exact) mass is 269 g/mol. The summed E-state index contributed by atoms with van der Waals surface area (Å²) >= 11 is 0. The molecule has 5 N–H and O–H groups in total. The highest BCUT2D eigenvalue weighted by Gasteiger charge is 2.20. The summed E-state index contributed by atoms with van der Waals surface area (Å²) in [5, 5.41) is 8.97. The van der Waals surface area contributed by atoms with Gasteiger partial charge < -0.3 is 21.5 Å². The Hall–Kier alpha value is -2.31. The van der Waals surface area contributed by atoms with Crippen LogP contribution in [0.4, 0.5) is 15.8 Å². The lowest BCUT2D eigenvalue weighted by Gasteiger charge is -2.28. The zero-order chi connectivity index (χ0) is 14.7. The number of anilines is 2. The van der Waals surface area contributed by atoms with Crippen LogP contribution in [-0.4, -0.2) is 29.6 Å². The van der Waals surface area contributed by atoms with Gasteiger partial charge in [0.1, 0.15) is 5.82 Å². The molecule has 0 saturated heterocycles. The number of benzene rings is 1. The van der Waals surface area contributed by atoms with E-state index in [9.17, 15) is 14.0 Å². The normalized spacial score (nSPS) is 10.5. The van der Waals surface area contributed by atoms with E-state index in [2.05, 4.69) is 0 Å². The molecule has 0 aliphatic rings. The van der Waals surface area contributed by atoms with Gasteiger partial charge in [-0.05, 0) is 26.0 Å². The van der Waals surface area contributed by atoms with E-state index in [1.165, 1.54) is 4.90 Å². The van der Waals surface area contributed by atoms with Crippen LogP contribution >= 0.6 is 0 Å². The van der Waals surface area contributed by atoms with Crippen molar-refractivity contribution in [3.63, 3.8) is 0 Å². The average Bonchev–Trinajstić information content (AvgIpc) is 2.25. The van der Waals surface area contributed by atoms with Crippen molar-refractivity contribution in [3.05, 3.63) is 23.5 Å². The molecule has 0 atom stereocenters. The van der Waals surface area contributed by atoms with Crippen LogP contribution in [0, 0.1) is 5.82 Å². The molecule has 0 spiro atoms. The van der Waals surface area contributed by atoms with E-state index in [4.69, 9.17) is 16.6 Å². The van der Waals surface area contributed by atoms with Crippen LogP contribution in [0.2, 0.25) is 0 Å². The van der Waals surface area contributed by atoms with E-state index in [1.54, 1.807) is 13.8 Å². The number of nitrogens with two attached hydrogens (primary N) is 2. The van der Waals surface area contributed by atoms with Gasteiger partial charge in [0.05, 0.1) is 17.8 Å². The van der Waals surface area contributed by atoms with E-state index in [-0.39, 0.29) is 29.5 Å². The smallest absolute Gasteiger partial charge is 0.337 e. The summed E-state index contributed by atoms with van der Waals surface area (Å²) in [7, 11) is 0. The highest BCUT2D eigenvalue weighted by molar-refractivity contribution is 5.95. The molecule has 0 radical (unpaired) electrons. The Bertz CT molecular complexity index is 517. The maximum Gasteiger partial charge on any atom is 0.337 e. The van der Waals surface area contributed by atoms with Crippen molar-refractivity contribution >= 4 is 23.3 Å². The van der Waals surface area contributed by atoms with Gasteiger partial charge in [0, 0.05) is 11.7 Å². The molecule has 0 aliphatic carbocycles. The van der Waals surface area contributed by atoms with Gasteiger partial charge in [-0.1, -0.05) is 0 Å². The van der Waals surface area contributed by atoms with Crippen molar-refractivity contribution in [3.8, 4) is 0 Å². The molecule has 0 unspecified atom stereocenters. The molecule has 6 nitrogen and oxygen atoms in total. The van der Waals surface area contributed by atoms with E-state index in [0.717, 1.165) is 12.1 Å². The number of nitrogens with zero attached hydrogens (tertiary/aromatic N) is 1. The number of carbonyl (C=O) groups excluding carboxylic acids is 1. The zero-order valence-corrected chi connectivity index (χ0v) is 10.7. The molecule has 104 valence electrons. The molecule has 19 heavy (non-hydrogen) atoms. The molecule has 1 amide bonds. The van der Waals surface area contributed by atoms with E-state index in [1.807, 2.05) is 0 Å². The topological polar surface area (TPSA) is 110 Å². The third-order valence-electron chi connectivity index (χ3n) is 2.61. The number of carbonyl (C=O) groups is 2. The predicted molar refractivity (Wildman–Crippen MR) is 69.4 cm³/mol. The number of carboxylic acid groups (broad SMARTS) is 1. The van der Waals surface area contributed by atoms with Crippen LogP contribution in [0.1, 0.15) is 24.2 Å². The van der Waals surface area contributed by atoms with Crippen molar-refractivity contribution < 1.29 is 19.1 Å². The molecule has 1 rings (SSSR count). The van der Waals surface area contributed by atoms with E-state index < -0.39 is 17.7 Å². The summed E-state index contributed by atoms with van der Waals surface area (Å²) in [6.45, 7) is 3.26. The van der Waals surface area contributed by atoms with Gasteiger partial charge in [0.2, 0.25) is 5.91 Å². The number of halogens is 1. The van der Waals surface area contributed by atoms with Crippen LogP contribution in [0.3, 0.4) is 0 Å². The lowest BCUT2D eigenvalue weighted by Crippen LogP contribution is -2.39. The number of hydrogen-bond acceptors (Lipinski definition) is 4. The molecule has 0 aromatic heterocycles. The molecule has 0 bridgehead atoms. The molecular weight excluding hydrogens is 253 g/mol. The second-order valence-electron chi connectivity index (χ2n) is 4.38. The lowest BCUT2D eigenvalue weighted by atomic mass is 10.1. The Morgan fingerprint density at radius 2 is 2.00 bits per heavy atom. The van der Waals surface area contributed by atoms with Crippen LogP contribution in [0.5, 0.6) is 0 Å². The second kappa shape index (κ2) is 5.55. The fourth-order valence-electron chi connectivity index (χ4n) is 1.70. The fraction of sp³-hybridized carbons (Fsp3) is 0.333. The lowest BCUT2D eigenvalue weighted by molar-refractivity contribution is -0.116. The summed E-state index contributed by atoms with van der Waals surface area (Å²) in [4.78, 5) is 23.4. The molecule has 7 heteroatoms. The summed E-state index contributed by atoms with van der Waals surface area (Å²) in [6, 6.07) is 1.80. The van der Waals surface area contributed by atoms with Gasteiger partial charge in [-0.2, -0.15) is 0 Å². The first-order valence-electron chi connectivity index (χ1n) is 5.61. The number of amides is 1. The Kier molecular flexibility index (Phi) is 4.31. The molecular formula is C12H16FN3O3. The van der Waals surface area contributed by atoms with Gasteiger partial charge in [-0.25, -0.2) is 9.18 Å². The second-order valence-corrected chi connectivity index (χ2v) is 4.38. The molecule has 0 saturated carbocycles. The van der Waals surface area contributed by atoms with Gasteiger partial charge >= 0.3 is 5.97 Å². The van der Waals surface area contributed by atoms with Crippen LogP contribution < -0.4 is 16.4 Å². The van der Waals surface area contributed by atoms with Crippen molar-refractivity contribution in [2.24, 2.45) is 5.73 Å².